The molecular formula is C25H32N4O2. The van der Waals surface area contributed by atoms with Gasteiger partial charge in [0, 0.05) is 41.5 Å². The molecule has 2 aromatic heterocycles. The predicted octanol–water partition coefficient (Wildman–Crippen LogP) is 4.85. The van der Waals surface area contributed by atoms with Crippen molar-refractivity contribution < 1.29 is 9.53 Å². The number of hydrogen-bond donors (Lipinski definition) is 2. The van der Waals surface area contributed by atoms with Gasteiger partial charge in [-0.1, -0.05) is 19.9 Å². The molecule has 164 valence electrons. The van der Waals surface area contributed by atoms with Gasteiger partial charge in [-0.25, -0.2) is 0 Å². The summed E-state index contributed by atoms with van der Waals surface area (Å²) < 4.78 is 5.77. The molecule has 2 aliphatic rings. The third-order valence-electron chi connectivity index (χ3n) is 7.26. The molecule has 1 aromatic carbocycles. The van der Waals surface area contributed by atoms with Gasteiger partial charge in [0.25, 0.3) is 0 Å². The molecule has 0 radical (unpaired) electrons. The summed E-state index contributed by atoms with van der Waals surface area (Å²) in [5.41, 5.74) is 6.46. The van der Waals surface area contributed by atoms with Crippen LogP contribution in [0.25, 0.3) is 22.3 Å². The third kappa shape index (κ3) is 3.47. The van der Waals surface area contributed by atoms with Gasteiger partial charge in [-0.15, -0.1) is 0 Å². The zero-order valence-electron chi connectivity index (χ0n) is 19.1. The van der Waals surface area contributed by atoms with Gasteiger partial charge in [-0.3, -0.25) is 9.89 Å². The molecule has 1 atom stereocenters. The fourth-order valence-corrected chi connectivity index (χ4v) is 5.19. The molecular weight excluding hydrogens is 388 g/mol. The first-order valence-corrected chi connectivity index (χ1v) is 11.3. The number of anilines is 1. The normalized spacial score (nSPS) is 21.9. The third-order valence-corrected chi connectivity index (χ3v) is 7.26. The number of fused-ring (bicyclic) bond motifs is 2. The summed E-state index contributed by atoms with van der Waals surface area (Å²) in [6.45, 7) is 9.28. The van der Waals surface area contributed by atoms with Crippen LogP contribution in [0.3, 0.4) is 0 Å². The van der Waals surface area contributed by atoms with Gasteiger partial charge in [0.2, 0.25) is 5.91 Å². The summed E-state index contributed by atoms with van der Waals surface area (Å²) in [6, 6.07) is 8.31. The van der Waals surface area contributed by atoms with Gasteiger partial charge in [-0.2, -0.15) is 5.10 Å². The molecule has 1 saturated heterocycles. The van der Waals surface area contributed by atoms with Crippen molar-refractivity contribution >= 4 is 22.5 Å². The van der Waals surface area contributed by atoms with Gasteiger partial charge in [-0.05, 0) is 63.1 Å². The highest BCUT2D eigenvalue weighted by Crippen LogP contribution is 2.39. The van der Waals surface area contributed by atoms with Crippen molar-refractivity contribution in [2.75, 3.05) is 18.6 Å². The summed E-state index contributed by atoms with van der Waals surface area (Å²) in [4.78, 5) is 18.4. The Morgan fingerprint density at radius 3 is 2.77 bits per heavy atom. The lowest BCUT2D eigenvalue weighted by Gasteiger charge is -2.29. The molecule has 1 aliphatic carbocycles. The standard InChI is InChI=1S/C25H32N4O2/c1-24(2)10-8-17-21(14-24)27-28-22(17)20-12-15-6-7-16(13-19(15)26-20)29(5)23(30)18-9-11-31-25(18,3)4/h6-7,12-13,18,26H,8-11,14H2,1-5H3,(H,27,28). The van der Waals surface area contributed by atoms with E-state index in [1.54, 1.807) is 4.90 Å². The maximum Gasteiger partial charge on any atom is 0.232 e. The van der Waals surface area contributed by atoms with Crippen molar-refractivity contribution in [3.63, 3.8) is 0 Å². The number of aromatic amines is 2. The van der Waals surface area contributed by atoms with E-state index in [4.69, 9.17) is 4.74 Å². The van der Waals surface area contributed by atoms with Crippen LogP contribution in [0.1, 0.15) is 51.8 Å². The average molecular weight is 421 g/mol. The second-order valence-corrected chi connectivity index (χ2v) is 10.5. The Labute approximate surface area is 183 Å². The summed E-state index contributed by atoms with van der Waals surface area (Å²) in [5, 5.41) is 9.04. The number of carbonyl (C=O) groups is 1. The second kappa shape index (κ2) is 6.95. The van der Waals surface area contributed by atoms with Crippen molar-refractivity contribution in [3.8, 4) is 11.4 Å². The van der Waals surface area contributed by atoms with Crippen molar-refractivity contribution in [2.45, 2.75) is 59.0 Å². The Kier molecular flexibility index (Phi) is 4.56. The Morgan fingerprint density at radius 1 is 1.23 bits per heavy atom. The van der Waals surface area contributed by atoms with Gasteiger partial charge in [0.1, 0.15) is 5.69 Å². The molecule has 0 saturated carbocycles. The van der Waals surface area contributed by atoms with Crippen LogP contribution in [0.15, 0.2) is 24.3 Å². The molecule has 3 aromatic rings. The van der Waals surface area contributed by atoms with E-state index in [2.05, 4.69) is 47.2 Å². The van der Waals surface area contributed by atoms with Crippen LogP contribution in [-0.2, 0) is 22.4 Å². The molecule has 6 nitrogen and oxygen atoms in total. The molecule has 0 bridgehead atoms. The number of carbonyl (C=O) groups excluding carboxylic acids is 1. The lowest BCUT2D eigenvalue weighted by atomic mass is 9.76. The number of nitrogens with zero attached hydrogens (tertiary/aromatic N) is 2. The van der Waals surface area contributed by atoms with E-state index in [9.17, 15) is 4.79 Å². The zero-order chi connectivity index (χ0) is 22.0. The first-order valence-electron chi connectivity index (χ1n) is 11.3. The number of nitrogens with one attached hydrogen (secondary N) is 2. The quantitative estimate of drug-likeness (QED) is 0.636. The number of rotatable bonds is 3. The molecule has 3 heterocycles. The van der Waals surface area contributed by atoms with Crippen LogP contribution < -0.4 is 4.90 Å². The average Bonchev–Trinajstić information content (AvgIpc) is 3.40. The van der Waals surface area contributed by atoms with E-state index in [0.29, 0.717) is 12.0 Å². The maximum atomic E-state index is 13.1. The van der Waals surface area contributed by atoms with Gasteiger partial charge in [0.05, 0.1) is 17.2 Å². The Balaban J connectivity index is 1.44. The molecule has 2 N–H and O–H groups in total. The first-order chi connectivity index (χ1) is 14.6. The monoisotopic (exact) mass is 420 g/mol. The molecule has 1 fully saturated rings. The van der Waals surface area contributed by atoms with Crippen molar-refractivity contribution in [1.82, 2.24) is 15.2 Å². The smallest absolute Gasteiger partial charge is 0.232 e. The lowest BCUT2D eigenvalue weighted by molar-refractivity contribution is -0.126. The molecule has 5 rings (SSSR count). The summed E-state index contributed by atoms with van der Waals surface area (Å²) >= 11 is 0. The van der Waals surface area contributed by atoms with Gasteiger partial charge in [0.15, 0.2) is 0 Å². The molecule has 1 aliphatic heterocycles. The maximum absolute atomic E-state index is 13.1. The Hall–Kier alpha value is -2.60. The number of benzene rings is 1. The van der Waals surface area contributed by atoms with Crippen LogP contribution in [-0.4, -0.2) is 40.3 Å². The minimum atomic E-state index is -0.414. The Bertz CT molecular complexity index is 1150. The second-order valence-electron chi connectivity index (χ2n) is 10.5. The molecule has 1 amide bonds. The number of ether oxygens (including phenoxy) is 1. The topological polar surface area (TPSA) is 74.0 Å². The van der Waals surface area contributed by atoms with Crippen molar-refractivity contribution in [2.24, 2.45) is 11.3 Å². The largest absolute Gasteiger partial charge is 0.375 e. The molecule has 6 heteroatoms. The molecule has 31 heavy (non-hydrogen) atoms. The SMILES string of the molecule is CN(C(=O)C1CCOC1(C)C)c1ccc2cc(-c3n[nH]c4c3CCC(C)(C)C4)[nH]c2c1. The highest BCUT2D eigenvalue weighted by Gasteiger charge is 2.42. The van der Waals surface area contributed by atoms with Gasteiger partial charge < -0.3 is 14.6 Å². The van der Waals surface area contributed by atoms with E-state index < -0.39 is 5.60 Å². The van der Waals surface area contributed by atoms with Gasteiger partial charge >= 0.3 is 0 Å². The summed E-state index contributed by atoms with van der Waals surface area (Å²) in [6.07, 6.45) is 4.02. The van der Waals surface area contributed by atoms with E-state index in [0.717, 1.165) is 47.2 Å². The number of amides is 1. The van der Waals surface area contributed by atoms with E-state index >= 15 is 0 Å². The fraction of sp³-hybridized carbons (Fsp3) is 0.520. The number of hydrogen-bond acceptors (Lipinski definition) is 3. The Morgan fingerprint density at radius 2 is 2.03 bits per heavy atom. The lowest BCUT2D eigenvalue weighted by Crippen LogP contribution is -2.41. The van der Waals surface area contributed by atoms with E-state index in [1.165, 1.54) is 17.7 Å². The van der Waals surface area contributed by atoms with Crippen LogP contribution >= 0.6 is 0 Å². The van der Waals surface area contributed by atoms with Crippen LogP contribution in [0.4, 0.5) is 5.69 Å². The number of aromatic nitrogens is 3. The summed E-state index contributed by atoms with van der Waals surface area (Å²) in [5.74, 6) is -0.00940. The van der Waals surface area contributed by atoms with Crippen molar-refractivity contribution in [1.29, 1.82) is 0 Å². The minimum absolute atomic E-state index is 0.109. The molecule has 0 spiro atoms. The zero-order valence-corrected chi connectivity index (χ0v) is 19.1. The van der Waals surface area contributed by atoms with Crippen molar-refractivity contribution in [3.05, 3.63) is 35.5 Å². The van der Waals surface area contributed by atoms with Crippen LogP contribution in [0.5, 0.6) is 0 Å². The van der Waals surface area contributed by atoms with E-state index in [1.807, 2.05) is 27.0 Å². The fourth-order valence-electron chi connectivity index (χ4n) is 5.19. The highest BCUT2D eigenvalue weighted by atomic mass is 16.5. The summed E-state index contributed by atoms with van der Waals surface area (Å²) in [7, 11) is 1.85. The minimum Gasteiger partial charge on any atom is -0.375 e. The van der Waals surface area contributed by atoms with Crippen LogP contribution in [0.2, 0.25) is 0 Å². The predicted molar refractivity (Wildman–Crippen MR) is 123 cm³/mol. The first kappa shape index (κ1) is 20.3. The van der Waals surface area contributed by atoms with E-state index in [-0.39, 0.29) is 11.8 Å². The molecule has 1 unspecified atom stereocenters. The van der Waals surface area contributed by atoms with Crippen LogP contribution in [0, 0.1) is 11.3 Å². The highest BCUT2D eigenvalue weighted by molar-refractivity contribution is 5.98. The number of H-pyrrole nitrogens is 2.